The van der Waals surface area contributed by atoms with E-state index in [0.717, 1.165) is 38.5 Å². The van der Waals surface area contributed by atoms with E-state index in [2.05, 4.69) is 27.7 Å². The van der Waals surface area contributed by atoms with Gasteiger partial charge in [-0.15, -0.1) is 10.1 Å². The molecule has 0 fully saturated rings. The molecule has 57 heavy (non-hydrogen) atoms. The van der Waals surface area contributed by atoms with Crippen molar-refractivity contribution in [1.82, 2.24) is 6.15 Å². The average molecular weight is 809 g/mol. The monoisotopic (exact) mass is 809 g/mol. The van der Waals surface area contributed by atoms with E-state index >= 15 is 0 Å². The van der Waals surface area contributed by atoms with Crippen LogP contribution in [0, 0.1) is 16.0 Å². The van der Waals surface area contributed by atoms with E-state index in [1.165, 1.54) is 257 Å². The quantitative estimate of drug-likeness (QED) is 0.0377. The third-order valence-corrected chi connectivity index (χ3v) is 13.2. The number of unbranched alkanes of at least 4 members (excludes halogenated alkanes) is 38. The van der Waals surface area contributed by atoms with E-state index in [0.29, 0.717) is 5.92 Å². The highest BCUT2D eigenvalue weighted by Gasteiger charge is 2.41. The lowest BCUT2D eigenvalue weighted by molar-refractivity contribution is -0.785. The Hall–Kier alpha value is -0.840. The van der Waals surface area contributed by atoms with E-state index in [4.69, 9.17) is 4.84 Å². The van der Waals surface area contributed by atoms with Crippen LogP contribution in [0.5, 0.6) is 0 Å². The molecule has 0 rings (SSSR count). The Bertz CT molecular complexity index is 738. The predicted octanol–water partition coefficient (Wildman–Crippen LogP) is 19.7. The van der Waals surface area contributed by atoms with Gasteiger partial charge in [-0.25, -0.2) is 0 Å². The van der Waals surface area contributed by atoms with Crippen LogP contribution in [0.15, 0.2) is 0 Å². The first-order valence-electron chi connectivity index (χ1n) is 26.4. The second-order valence-corrected chi connectivity index (χ2v) is 18.6. The largest absolute Gasteiger partial charge is 0.344 e. The lowest BCUT2D eigenvalue weighted by Gasteiger charge is -2.40. The standard InChI is InChI=1S/C52H105NO3.H3N/c1-5-9-13-17-21-25-29-30-32-36-40-44-48-51(47-43-39-35-31-26-22-18-14-10-6-2)52(56-53(54)55,49-45-41-37-33-27-23-19-15-11-7-3)50-46-42-38-34-28-24-20-16-12-8-4;/h51H,5-50H2,1-4H3;1H3. The zero-order valence-electron chi connectivity index (χ0n) is 40.0. The molecule has 1 atom stereocenters. The van der Waals surface area contributed by atoms with Gasteiger partial charge in [0.05, 0.1) is 0 Å². The molecule has 0 aliphatic carbocycles. The number of nitrogens with zero attached hydrogens (tertiary/aromatic N) is 1. The summed E-state index contributed by atoms with van der Waals surface area (Å²) >= 11 is 0. The Morgan fingerprint density at radius 3 is 0.754 bits per heavy atom. The van der Waals surface area contributed by atoms with Gasteiger partial charge in [-0.05, 0) is 31.6 Å². The minimum atomic E-state index is -0.596. The summed E-state index contributed by atoms with van der Waals surface area (Å²) in [4.78, 5) is 18.5. The van der Waals surface area contributed by atoms with Gasteiger partial charge in [0.25, 0.3) is 5.09 Å². The molecule has 0 spiro atoms. The highest BCUT2D eigenvalue weighted by Crippen LogP contribution is 2.40. The second kappa shape index (κ2) is 47.8. The van der Waals surface area contributed by atoms with Crippen molar-refractivity contribution in [2.45, 2.75) is 329 Å². The SMILES string of the molecule is CCCCCCCCCCCCCCC(CCCCCCCCCCCC)C(CCCCCCCCCCCC)(CCCCCCCCCCCC)O[N+](=O)[O-].N. The number of rotatable bonds is 49. The van der Waals surface area contributed by atoms with Gasteiger partial charge in [-0.2, -0.15) is 0 Å². The molecule has 1 unspecified atom stereocenters. The zero-order valence-corrected chi connectivity index (χ0v) is 40.0. The van der Waals surface area contributed by atoms with Crippen LogP contribution in [0.1, 0.15) is 323 Å². The summed E-state index contributed by atoms with van der Waals surface area (Å²) in [5.74, 6) is 0.308. The Morgan fingerprint density at radius 1 is 0.351 bits per heavy atom. The molecule has 0 aromatic heterocycles. The molecule has 0 aliphatic heterocycles. The fourth-order valence-electron chi connectivity index (χ4n) is 9.45. The molecule has 0 aliphatic rings. The van der Waals surface area contributed by atoms with Gasteiger partial charge >= 0.3 is 0 Å². The summed E-state index contributed by atoms with van der Waals surface area (Å²) in [6.45, 7) is 9.18. The van der Waals surface area contributed by atoms with Crippen LogP contribution in [-0.2, 0) is 4.84 Å². The summed E-state index contributed by atoms with van der Waals surface area (Å²) in [5.41, 5.74) is -0.596. The molecular formula is C52H108N2O3. The Kier molecular flexibility index (Phi) is 48.9. The minimum Gasteiger partial charge on any atom is -0.344 e. The predicted molar refractivity (Wildman–Crippen MR) is 254 cm³/mol. The molecule has 5 heteroatoms. The fourth-order valence-corrected chi connectivity index (χ4v) is 9.45. The normalized spacial score (nSPS) is 12.2. The molecule has 0 saturated carbocycles. The highest BCUT2D eigenvalue weighted by molar-refractivity contribution is 4.88. The van der Waals surface area contributed by atoms with Gasteiger partial charge in [-0.1, -0.05) is 297 Å². The van der Waals surface area contributed by atoms with Gasteiger partial charge < -0.3 is 11.0 Å². The van der Waals surface area contributed by atoms with Crippen molar-refractivity contribution in [2.24, 2.45) is 5.92 Å². The molecule has 0 radical (unpaired) electrons. The maximum atomic E-state index is 12.4. The molecule has 5 nitrogen and oxygen atoms in total. The molecule has 0 bridgehead atoms. The Labute approximate surface area is 359 Å². The molecule has 0 heterocycles. The number of hydrogen-bond donors (Lipinski definition) is 1. The number of hydrogen-bond acceptors (Lipinski definition) is 4. The van der Waals surface area contributed by atoms with Crippen LogP contribution in [0.25, 0.3) is 0 Å². The van der Waals surface area contributed by atoms with Crippen LogP contribution in [0.4, 0.5) is 0 Å². The van der Waals surface area contributed by atoms with Crippen molar-refractivity contribution in [3.05, 3.63) is 10.1 Å². The summed E-state index contributed by atoms with van der Waals surface area (Å²) < 4.78 is 0. The van der Waals surface area contributed by atoms with E-state index in [1.807, 2.05) is 0 Å². The van der Waals surface area contributed by atoms with E-state index in [1.54, 1.807) is 0 Å². The smallest absolute Gasteiger partial charge is 0.295 e. The maximum absolute atomic E-state index is 12.4. The van der Waals surface area contributed by atoms with Gasteiger partial charge in [0.15, 0.2) is 0 Å². The average Bonchev–Trinajstić information content (AvgIpc) is 3.19. The molecule has 0 aromatic rings. The van der Waals surface area contributed by atoms with Crippen LogP contribution in [-0.4, -0.2) is 10.7 Å². The lowest BCUT2D eigenvalue weighted by Crippen LogP contribution is -2.43. The van der Waals surface area contributed by atoms with Crippen LogP contribution >= 0.6 is 0 Å². The third-order valence-electron chi connectivity index (χ3n) is 13.2. The molecule has 3 N–H and O–H groups in total. The van der Waals surface area contributed by atoms with Crippen molar-refractivity contribution >= 4 is 0 Å². The molecule has 0 saturated heterocycles. The second-order valence-electron chi connectivity index (χ2n) is 18.6. The topological polar surface area (TPSA) is 87.4 Å². The first-order valence-corrected chi connectivity index (χ1v) is 26.4. The van der Waals surface area contributed by atoms with Crippen molar-refractivity contribution in [3.8, 4) is 0 Å². The summed E-state index contributed by atoms with van der Waals surface area (Å²) in [7, 11) is 0. The van der Waals surface area contributed by atoms with E-state index in [-0.39, 0.29) is 11.2 Å². The van der Waals surface area contributed by atoms with Crippen molar-refractivity contribution < 1.29 is 9.92 Å². The molecule has 344 valence electrons. The molecule has 0 amide bonds. The Balaban J connectivity index is 0. The summed E-state index contributed by atoms with van der Waals surface area (Å²) in [6, 6.07) is 0. The van der Waals surface area contributed by atoms with Crippen molar-refractivity contribution in [2.75, 3.05) is 0 Å². The Morgan fingerprint density at radius 2 is 0.544 bits per heavy atom. The first-order chi connectivity index (χ1) is 27.6. The van der Waals surface area contributed by atoms with Crippen LogP contribution < -0.4 is 6.15 Å². The van der Waals surface area contributed by atoms with Crippen molar-refractivity contribution in [1.29, 1.82) is 0 Å². The zero-order chi connectivity index (χ0) is 40.9. The lowest BCUT2D eigenvalue weighted by atomic mass is 9.74. The van der Waals surface area contributed by atoms with Crippen molar-refractivity contribution in [3.63, 3.8) is 0 Å². The van der Waals surface area contributed by atoms with Gasteiger partial charge in [0.1, 0.15) is 5.60 Å². The first kappa shape index (κ1) is 58.3. The minimum absolute atomic E-state index is 0. The van der Waals surface area contributed by atoms with Crippen LogP contribution in [0.3, 0.4) is 0 Å². The highest BCUT2D eigenvalue weighted by atomic mass is 17.0. The van der Waals surface area contributed by atoms with Gasteiger partial charge in [0.2, 0.25) is 0 Å². The molecular weight excluding hydrogens is 701 g/mol. The summed E-state index contributed by atoms with van der Waals surface area (Å²) in [5, 5.41) is 12.0. The van der Waals surface area contributed by atoms with Gasteiger partial charge in [0, 0.05) is 0 Å². The van der Waals surface area contributed by atoms with Crippen LogP contribution in [0.2, 0.25) is 0 Å². The molecule has 0 aromatic carbocycles. The summed E-state index contributed by atoms with van der Waals surface area (Å²) in [6.07, 6.45) is 59.7. The maximum Gasteiger partial charge on any atom is 0.295 e. The third kappa shape index (κ3) is 40.3. The van der Waals surface area contributed by atoms with Gasteiger partial charge in [-0.3, -0.25) is 0 Å². The van der Waals surface area contributed by atoms with E-state index < -0.39 is 5.60 Å². The van der Waals surface area contributed by atoms with E-state index in [9.17, 15) is 10.1 Å². The fraction of sp³-hybridized carbons (Fsp3) is 1.00.